The van der Waals surface area contributed by atoms with Gasteiger partial charge in [0.2, 0.25) is 5.89 Å². The number of likely N-dealkylation sites (N-methyl/N-ethyl adjacent to an activating group) is 1. The van der Waals surface area contributed by atoms with Crippen LogP contribution in [0.25, 0.3) is 28.5 Å². The van der Waals surface area contributed by atoms with Crippen LogP contribution < -0.4 is 11.1 Å². The van der Waals surface area contributed by atoms with Crippen molar-refractivity contribution in [1.29, 1.82) is 0 Å². The van der Waals surface area contributed by atoms with Gasteiger partial charge in [0.15, 0.2) is 17.2 Å². The zero-order valence-corrected chi connectivity index (χ0v) is 19.7. The summed E-state index contributed by atoms with van der Waals surface area (Å²) in [7, 11) is 2.08. The summed E-state index contributed by atoms with van der Waals surface area (Å²) in [5.41, 5.74) is 9.84. The van der Waals surface area contributed by atoms with Crippen LogP contribution in [0.15, 0.2) is 41.4 Å². The van der Waals surface area contributed by atoms with E-state index < -0.39 is 0 Å². The number of likely N-dealkylation sites (tertiary alicyclic amines) is 1. The molecule has 1 atom stereocenters. The summed E-state index contributed by atoms with van der Waals surface area (Å²) in [5, 5.41) is 3.00. The molecule has 1 saturated heterocycles. The van der Waals surface area contributed by atoms with Crippen LogP contribution in [0.2, 0.25) is 0 Å². The van der Waals surface area contributed by atoms with Crippen molar-refractivity contribution < 1.29 is 9.21 Å². The number of pyridine rings is 1. The molecule has 1 aliphatic rings. The number of carbonyl (C=O) groups excluding carboxylic acids is 1. The molecular formula is C24H28N8O2. The molecule has 176 valence electrons. The summed E-state index contributed by atoms with van der Waals surface area (Å²) in [6.45, 7) is 7.94. The van der Waals surface area contributed by atoms with Gasteiger partial charge in [0, 0.05) is 42.8 Å². The normalized spacial score (nSPS) is 17.9. The van der Waals surface area contributed by atoms with Gasteiger partial charge in [-0.1, -0.05) is 13.8 Å². The number of oxazole rings is 1. The van der Waals surface area contributed by atoms with Gasteiger partial charge in [0.25, 0.3) is 5.91 Å². The van der Waals surface area contributed by atoms with Crippen LogP contribution in [0, 0.1) is 12.3 Å². The van der Waals surface area contributed by atoms with E-state index in [-0.39, 0.29) is 34.8 Å². The van der Waals surface area contributed by atoms with Gasteiger partial charge in [-0.2, -0.15) is 0 Å². The Labute approximate surface area is 197 Å². The molecule has 4 aromatic heterocycles. The molecule has 0 radical (unpaired) electrons. The van der Waals surface area contributed by atoms with Crippen LogP contribution in [0.5, 0.6) is 0 Å². The standard InChI is InChI=1S/C24H28N8O2/c1-14-10-27-17-6-5-15(12-32(14)17)18-19(23-26-7-8-34-23)30-21(25)20(29-18)22(33)28-11-16-9-24(2,3)13-31(16)4/h5-8,10,12,16H,9,11,13H2,1-4H3,(H2,25,30)(H,28,33)/t16-/m1/s1. The molecule has 5 heterocycles. The van der Waals surface area contributed by atoms with E-state index in [1.165, 1.54) is 12.5 Å². The van der Waals surface area contributed by atoms with E-state index >= 15 is 0 Å². The van der Waals surface area contributed by atoms with E-state index in [1.54, 1.807) is 6.20 Å². The number of aromatic nitrogens is 5. The SMILES string of the molecule is Cc1cnc2ccc(-c3nc(C(=O)NC[C@H]4CC(C)(C)CN4C)c(N)nc3-c3ncco3)cn12. The molecule has 1 amide bonds. The number of imidazole rings is 1. The van der Waals surface area contributed by atoms with Crippen molar-refractivity contribution >= 4 is 17.4 Å². The van der Waals surface area contributed by atoms with Gasteiger partial charge < -0.3 is 24.8 Å². The number of fused-ring (bicyclic) bond motifs is 1. The number of aryl methyl sites for hydroxylation is 1. The molecule has 10 heteroatoms. The third kappa shape index (κ3) is 4.01. The van der Waals surface area contributed by atoms with E-state index in [4.69, 9.17) is 10.2 Å². The molecule has 1 aliphatic heterocycles. The van der Waals surface area contributed by atoms with Crippen molar-refractivity contribution in [2.75, 3.05) is 25.9 Å². The van der Waals surface area contributed by atoms with Crippen molar-refractivity contribution in [2.45, 2.75) is 33.2 Å². The van der Waals surface area contributed by atoms with Gasteiger partial charge in [-0.05, 0) is 37.9 Å². The van der Waals surface area contributed by atoms with Gasteiger partial charge in [-0.3, -0.25) is 4.79 Å². The number of nitrogens with two attached hydrogens (primary N) is 1. The maximum Gasteiger partial charge on any atom is 0.273 e. The average molecular weight is 461 g/mol. The second-order valence-corrected chi connectivity index (χ2v) is 9.68. The number of rotatable bonds is 5. The smallest absolute Gasteiger partial charge is 0.273 e. The Bertz CT molecular complexity index is 1360. The topological polar surface area (TPSA) is 127 Å². The van der Waals surface area contributed by atoms with Crippen LogP contribution in [0.1, 0.15) is 36.5 Å². The molecule has 0 aromatic carbocycles. The van der Waals surface area contributed by atoms with Crippen LogP contribution >= 0.6 is 0 Å². The molecule has 0 bridgehead atoms. The quantitative estimate of drug-likeness (QED) is 0.465. The first-order chi connectivity index (χ1) is 16.2. The number of nitrogens with zero attached hydrogens (tertiary/aromatic N) is 6. The van der Waals surface area contributed by atoms with Crippen molar-refractivity contribution in [1.82, 2.24) is 34.6 Å². The molecule has 4 aromatic rings. The van der Waals surface area contributed by atoms with E-state index in [1.807, 2.05) is 29.7 Å². The molecule has 3 N–H and O–H groups in total. The highest BCUT2D eigenvalue weighted by atomic mass is 16.3. The second kappa shape index (κ2) is 8.21. The fourth-order valence-electron chi connectivity index (χ4n) is 4.73. The highest BCUT2D eigenvalue weighted by molar-refractivity contribution is 5.97. The molecule has 1 fully saturated rings. The fraction of sp³-hybridized carbons (Fsp3) is 0.375. The number of nitrogen functional groups attached to an aromatic ring is 1. The average Bonchev–Trinajstić information content (AvgIpc) is 3.51. The molecule has 0 unspecified atom stereocenters. The lowest BCUT2D eigenvalue weighted by molar-refractivity contribution is 0.0939. The van der Waals surface area contributed by atoms with Crippen molar-refractivity contribution in [2.24, 2.45) is 5.41 Å². The highest BCUT2D eigenvalue weighted by Crippen LogP contribution is 2.33. The predicted octanol–water partition coefficient (Wildman–Crippen LogP) is 2.80. The van der Waals surface area contributed by atoms with Crippen molar-refractivity contribution in [3.63, 3.8) is 0 Å². The van der Waals surface area contributed by atoms with Gasteiger partial charge in [-0.25, -0.2) is 19.9 Å². The molecule has 34 heavy (non-hydrogen) atoms. The van der Waals surface area contributed by atoms with E-state index in [0.717, 1.165) is 29.9 Å². The minimum atomic E-state index is -0.358. The van der Waals surface area contributed by atoms with Crippen LogP contribution in [-0.2, 0) is 0 Å². The van der Waals surface area contributed by atoms with E-state index in [0.29, 0.717) is 17.9 Å². The number of carbonyl (C=O) groups is 1. The monoisotopic (exact) mass is 460 g/mol. The number of amides is 1. The fourth-order valence-corrected chi connectivity index (χ4v) is 4.73. The summed E-state index contributed by atoms with van der Waals surface area (Å²) < 4.78 is 7.43. The zero-order chi connectivity index (χ0) is 24.0. The second-order valence-electron chi connectivity index (χ2n) is 9.68. The number of hydrogen-bond donors (Lipinski definition) is 2. The first-order valence-electron chi connectivity index (χ1n) is 11.2. The van der Waals surface area contributed by atoms with Crippen molar-refractivity contribution in [3.8, 4) is 22.8 Å². The first kappa shape index (κ1) is 22.0. The number of hydrogen-bond acceptors (Lipinski definition) is 8. The lowest BCUT2D eigenvalue weighted by Crippen LogP contribution is -2.38. The largest absolute Gasteiger partial charge is 0.443 e. The van der Waals surface area contributed by atoms with Gasteiger partial charge >= 0.3 is 0 Å². The van der Waals surface area contributed by atoms with Crippen LogP contribution in [0.3, 0.4) is 0 Å². The maximum atomic E-state index is 13.1. The number of anilines is 1. The molecule has 0 saturated carbocycles. The molecule has 10 nitrogen and oxygen atoms in total. The number of nitrogens with one attached hydrogen (secondary N) is 1. The van der Waals surface area contributed by atoms with E-state index in [2.05, 4.69) is 51.0 Å². The minimum absolute atomic E-state index is 0.0226. The lowest BCUT2D eigenvalue weighted by Gasteiger charge is -2.19. The van der Waals surface area contributed by atoms with E-state index in [9.17, 15) is 4.79 Å². The highest BCUT2D eigenvalue weighted by Gasteiger charge is 2.35. The summed E-state index contributed by atoms with van der Waals surface area (Å²) in [4.78, 5) is 33.1. The summed E-state index contributed by atoms with van der Waals surface area (Å²) in [6, 6.07) is 4.02. The third-order valence-corrected chi connectivity index (χ3v) is 6.32. The molecule has 0 aliphatic carbocycles. The Morgan fingerprint density at radius 1 is 1.26 bits per heavy atom. The summed E-state index contributed by atoms with van der Waals surface area (Å²) in [5.74, 6) is -0.0592. The Morgan fingerprint density at radius 3 is 2.79 bits per heavy atom. The summed E-state index contributed by atoms with van der Waals surface area (Å²) in [6.07, 6.45) is 7.69. The van der Waals surface area contributed by atoms with Gasteiger partial charge in [-0.15, -0.1) is 0 Å². The zero-order valence-electron chi connectivity index (χ0n) is 19.7. The Balaban J connectivity index is 1.51. The predicted molar refractivity (Wildman–Crippen MR) is 128 cm³/mol. The lowest BCUT2D eigenvalue weighted by atomic mass is 9.91. The summed E-state index contributed by atoms with van der Waals surface area (Å²) >= 11 is 0. The van der Waals surface area contributed by atoms with Gasteiger partial charge in [0.1, 0.15) is 17.6 Å². The van der Waals surface area contributed by atoms with Crippen LogP contribution in [0.4, 0.5) is 5.82 Å². The maximum absolute atomic E-state index is 13.1. The molecular weight excluding hydrogens is 432 g/mol. The van der Waals surface area contributed by atoms with Crippen LogP contribution in [-0.4, -0.2) is 61.3 Å². The molecule has 0 spiro atoms. The minimum Gasteiger partial charge on any atom is -0.443 e. The Morgan fingerprint density at radius 2 is 2.09 bits per heavy atom. The third-order valence-electron chi connectivity index (χ3n) is 6.32. The van der Waals surface area contributed by atoms with Gasteiger partial charge in [0.05, 0.1) is 6.20 Å². The first-order valence-corrected chi connectivity index (χ1v) is 11.2. The Kier molecular flexibility index (Phi) is 5.32. The Hall–Kier alpha value is -3.79. The van der Waals surface area contributed by atoms with Crippen molar-refractivity contribution in [3.05, 3.63) is 48.4 Å². The molecule has 5 rings (SSSR count).